The SMILES string of the molecule is CC(CC(=O)NC1CCC(C(=O)O)C1)CC(C)(C)C. The van der Waals surface area contributed by atoms with E-state index in [9.17, 15) is 9.59 Å². The molecule has 19 heavy (non-hydrogen) atoms. The molecule has 1 aliphatic carbocycles. The fraction of sp³-hybridized carbons (Fsp3) is 0.867. The van der Waals surface area contributed by atoms with E-state index < -0.39 is 5.97 Å². The van der Waals surface area contributed by atoms with E-state index in [-0.39, 0.29) is 23.3 Å². The van der Waals surface area contributed by atoms with E-state index in [4.69, 9.17) is 5.11 Å². The van der Waals surface area contributed by atoms with Crippen LogP contribution in [-0.2, 0) is 9.59 Å². The van der Waals surface area contributed by atoms with E-state index in [1.165, 1.54) is 0 Å². The van der Waals surface area contributed by atoms with E-state index in [1.54, 1.807) is 0 Å². The lowest BCUT2D eigenvalue weighted by molar-refractivity contribution is -0.141. The summed E-state index contributed by atoms with van der Waals surface area (Å²) >= 11 is 0. The van der Waals surface area contributed by atoms with E-state index in [0.29, 0.717) is 25.2 Å². The van der Waals surface area contributed by atoms with Crippen LogP contribution < -0.4 is 5.32 Å². The van der Waals surface area contributed by atoms with Gasteiger partial charge < -0.3 is 10.4 Å². The summed E-state index contributed by atoms with van der Waals surface area (Å²) in [4.78, 5) is 22.8. The molecule has 0 aliphatic heterocycles. The van der Waals surface area contributed by atoms with E-state index >= 15 is 0 Å². The third kappa shape index (κ3) is 6.08. The third-order valence-corrected chi connectivity index (χ3v) is 3.64. The maximum Gasteiger partial charge on any atom is 0.306 e. The Labute approximate surface area is 116 Å². The van der Waals surface area contributed by atoms with Gasteiger partial charge in [-0.05, 0) is 37.0 Å². The predicted octanol–water partition coefficient (Wildman–Crippen LogP) is 2.82. The third-order valence-electron chi connectivity index (χ3n) is 3.64. The fourth-order valence-electron chi connectivity index (χ4n) is 3.06. The van der Waals surface area contributed by atoms with Crippen molar-refractivity contribution in [3.05, 3.63) is 0 Å². The highest BCUT2D eigenvalue weighted by atomic mass is 16.4. The number of carboxylic acid groups (broad SMARTS) is 1. The van der Waals surface area contributed by atoms with Crippen molar-refractivity contribution in [3.63, 3.8) is 0 Å². The van der Waals surface area contributed by atoms with Crippen LogP contribution in [0.1, 0.15) is 59.8 Å². The van der Waals surface area contributed by atoms with Crippen molar-refractivity contribution in [1.29, 1.82) is 0 Å². The van der Waals surface area contributed by atoms with Gasteiger partial charge in [0.25, 0.3) is 0 Å². The van der Waals surface area contributed by atoms with Gasteiger partial charge in [0, 0.05) is 12.5 Å². The average molecular weight is 269 g/mol. The molecule has 3 unspecified atom stereocenters. The zero-order chi connectivity index (χ0) is 14.6. The highest BCUT2D eigenvalue weighted by Gasteiger charge is 2.30. The Balaban J connectivity index is 2.30. The molecule has 0 heterocycles. The standard InChI is InChI=1S/C15H27NO3/c1-10(9-15(2,3)4)7-13(17)16-12-6-5-11(8-12)14(18)19/h10-12H,5-9H2,1-4H3,(H,16,17)(H,18,19). The number of hydrogen-bond acceptors (Lipinski definition) is 2. The normalized spacial score (nSPS) is 25.1. The van der Waals surface area contributed by atoms with Gasteiger partial charge in [-0.15, -0.1) is 0 Å². The molecule has 0 spiro atoms. The second kappa shape index (κ2) is 6.40. The van der Waals surface area contributed by atoms with Crippen LogP contribution >= 0.6 is 0 Å². The predicted molar refractivity (Wildman–Crippen MR) is 74.8 cm³/mol. The van der Waals surface area contributed by atoms with Gasteiger partial charge in [0.15, 0.2) is 0 Å². The average Bonchev–Trinajstić information content (AvgIpc) is 2.62. The smallest absolute Gasteiger partial charge is 0.306 e. The minimum atomic E-state index is -0.738. The minimum Gasteiger partial charge on any atom is -0.481 e. The number of hydrogen-bond donors (Lipinski definition) is 2. The van der Waals surface area contributed by atoms with Crippen LogP contribution in [0.3, 0.4) is 0 Å². The summed E-state index contributed by atoms with van der Waals surface area (Å²) in [6.45, 7) is 8.63. The second-order valence-corrected chi connectivity index (χ2v) is 7.19. The molecule has 0 aromatic rings. The molecule has 1 rings (SSSR count). The Bertz CT molecular complexity index is 333. The Morgan fingerprint density at radius 3 is 2.42 bits per heavy atom. The first-order chi connectivity index (χ1) is 8.67. The summed E-state index contributed by atoms with van der Waals surface area (Å²) in [6.07, 6.45) is 3.59. The molecule has 0 bridgehead atoms. The molecule has 110 valence electrons. The summed E-state index contributed by atoms with van der Waals surface area (Å²) in [5, 5.41) is 11.9. The van der Waals surface area contributed by atoms with Crippen LogP contribution in [0.15, 0.2) is 0 Å². The van der Waals surface area contributed by atoms with E-state index in [1.807, 2.05) is 0 Å². The molecule has 0 aromatic heterocycles. The molecule has 2 N–H and O–H groups in total. The molecule has 1 fully saturated rings. The Kier molecular flexibility index (Phi) is 5.39. The number of carbonyl (C=O) groups is 2. The van der Waals surface area contributed by atoms with E-state index in [2.05, 4.69) is 33.0 Å². The van der Waals surface area contributed by atoms with Gasteiger partial charge in [0.1, 0.15) is 0 Å². The van der Waals surface area contributed by atoms with Crippen LogP contribution in [0.4, 0.5) is 0 Å². The number of carboxylic acids is 1. The maximum atomic E-state index is 11.9. The van der Waals surface area contributed by atoms with Crippen molar-refractivity contribution in [1.82, 2.24) is 5.32 Å². The first kappa shape index (κ1) is 16.0. The molecule has 0 saturated heterocycles. The monoisotopic (exact) mass is 269 g/mol. The highest BCUT2D eigenvalue weighted by Crippen LogP contribution is 2.27. The molecule has 0 aromatic carbocycles. The first-order valence-corrected chi connectivity index (χ1v) is 7.19. The van der Waals surface area contributed by atoms with Gasteiger partial charge in [-0.1, -0.05) is 27.7 Å². The lowest BCUT2D eigenvalue weighted by Crippen LogP contribution is -2.34. The maximum absolute atomic E-state index is 11.9. The molecular formula is C15H27NO3. The summed E-state index contributed by atoms with van der Waals surface area (Å²) in [5.41, 5.74) is 0.238. The van der Waals surface area contributed by atoms with Crippen molar-refractivity contribution in [2.45, 2.75) is 65.8 Å². The Morgan fingerprint density at radius 1 is 1.32 bits per heavy atom. The van der Waals surface area contributed by atoms with Crippen LogP contribution in [0, 0.1) is 17.3 Å². The van der Waals surface area contributed by atoms with Crippen molar-refractivity contribution < 1.29 is 14.7 Å². The lowest BCUT2D eigenvalue weighted by atomic mass is 9.84. The van der Waals surface area contributed by atoms with Gasteiger partial charge in [-0.25, -0.2) is 0 Å². The summed E-state index contributed by atoms with van der Waals surface area (Å²) in [5.74, 6) is -0.598. The van der Waals surface area contributed by atoms with Gasteiger partial charge in [0.2, 0.25) is 5.91 Å². The van der Waals surface area contributed by atoms with Crippen molar-refractivity contribution in [3.8, 4) is 0 Å². The van der Waals surface area contributed by atoms with E-state index in [0.717, 1.165) is 12.8 Å². The van der Waals surface area contributed by atoms with Crippen molar-refractivity contribution in [2.75, 3.05) is 0 Å². The zero-order valence-electron chi connectivity index (χ0n) is 12.5. The van der Waals surface area contributed by atoms with Crippen molar-refractivity contribution in [2.24, 2.45) is 17.3 Å². The summed E-state index contributed by atoms with van der Waals surface area (Å²) < 4.78 is 0. The van der Waals surface area contributed by atoms with Crippen LogP contribution in [0.5, 0.6) is 0 Å². The van der Waals surface area contributed by atoms with Gasteiger partial charge in [-0.2, -0.15) is 0 Å². The molecule has 1 saturated carbocycles. The fourth-order valence-corrected chi connectivity index (χ4v) is 3.06. The Morgan fingerprint density at radius 2 is 1.95 bits per heavy atom. The topological polar surface area (TPSA) is 66.4 Å². The molecule has 4 nitrogen and oxygen atoms in total. The second-order valence-electron chi connectivity index (χ2n) is 7.19. The lowest BCUT2D eigenvalue weighted by Gasteiger charge is -2.23. The number of aliphatic carboxylic acids is 1. The molecule has 1 aliphatic rings. The van der Waals surface area contributed by atoms with Gasteiger partial charge in [0.05, 0.1) is 5.92 Å². The molecular weight excluding hydrogens is 242 g/mol. The van der Waals surface area contributed by atoms with Gasteiger partial charge >= 0.3 is 5.97 Å². The van der Waals surface area contributed by atoms with Gasteiger partial charge in [-0.3, -0.25) is 9.59 Å². The molecule has 1 amide bonds. The van der Waals surface area contributed by atoms with Crippen LogP contribution in [0.25, 0.3) is 0 Å². The largest absolute Gasteiger partial charge is 0.481 e. The number of carbonyl (C=O) groups excluding carboxylic acids is 1. The molecule has 4 heteroatoms. The number of amides is 1. The highest BCUT2D eigenvalue weighted by molar-refractivity contribution is 5.77. The first-order valence-electron chi connectivity index (χ1n) is 7.19. The quantitative estimate of drug-likeness (QED) is 0.806. The number of nitrogens with one attached hydrogen (secondary N) is 1. The zero-order valence-corrected chi connectivity index (χ0v) is 12.5. The molecule has 0 radical (unpaired) electrons. The summed E-state index contributed by atoms with van der Waals surface area (Å²) in [6, 6.07) is 0.0513. The molecule has 3 atom stereocenters. The van der Waals surface area contributed by atoms with Crippen molar-refractivity contribution >= 4 is 11.9 Å². The minimum absolute atomic E-state index is 0.0513. The van der Waals surface area contributed by atoms with Crippen LogP contribution in [-0.4, -0.2) is 23.0 Å². The summed E-state index contributed by atoms with van der Waals surface area (Å²) in [7, 11) is 0. The Hall–Kier alpha value is -1.06. The van der Waals surface area contributed by atoms with Crippen LogP contribution in [0.2, 0.25) is 0 Å². The number of rotatable bonds is 5.